The average Bonchev–Trinajstić information content (AvgIpc) is 2.76. The second kappa shape index (κ2) is 5.54. The van der Waals surface area contributed by atoms with Crippen LogP contribution in [0.5, 0.6) is 0 Å². The Morgan fingerprint density at radius 2 is 2.18 bits per heavy atom. The number of hydrogen-bond acceptors (Lipinski definition) is 4. The molecule has 0 spiro atoms. The predicted molar refractivity (Wildman–Crippen MR) is 66.2 cm³/mol. The largest absolute Gasteiger partial charge is 0.331 e. The van der Waals surface area contributed by atoms with Crippen LogP contribution in [-0.2, 0) is 13.6 Å². The van der Waals surface area contributed by atoms with Gasteiger partial charge in [0.2, 0.25) is 0 Å². The molecule has 90 valence electrons. The molecule has 0 unspecified atom stereocenters. The molecule has 0 bridgehead atoms. The van der Waals surface area contributed by atoms with Crippen molar-refractivity contribution in [2.45, 2.75) is 19.9 Å². The van der Waals surface area contributed by atoms with E-state index < -0.39 is 0 Å². The number of rotatable bonds is 5. The molecule has 0 saturated heterocycles. The van der Waals surface area contributed by atoms with E-state index in [1.165, 1.54) is 0 Å². The summed E-state index contributed by atoms with van der Waals surface area (Å²) in [5.74, 6) is 1.47. The molecule has 5 nitrogen and oxygen atoms in total. The molecule has 2 rings (SSSR count). The zero-order valence-electron chi connectivity index (χ0n) is 10.2. The van der Waals surface area contributed by atoms with Crippen LogP contribution in [0.2, 0.25) is 0 Å². The number of aryl methyl sites for hydroxylation is 1. The summed E-state index contributed by atoms with van der Waals surface area (Å²) in [6, 6.07) is 1.93. The summed E-state index contributed by atoms with van der Waals surface area (Å²) in [5, 5.41) is 3.32. The molecule has 0 aromatic carbocycles. The molecule has 2 aromatic rings. The SMILES string of the molecule is CCCNCc1ccnc(-c2nccn2C)n1. The Bertz CT molecular complexity index is 477. The van der Waals surface area contributed by atoms with E-state index in [1.807, 2.05) is 23.9 Å². The number of nitrogens with zero attached hydrogens (tertiary/aromatic N) is 4. The number of hydrogen-bond donors (Lipinski definition) is 1. The molecule has 0 atom stereocenters. The molecule has 0 radical (unpaired) electrons. The third kappa shape index (κ3) is 2.88. The van der Waals surface area contributed by atoms with Gasteiger partial charge in [-0.25, -0.2) is 15.0 Å². The van der Waals surface area contributed by atoms with Crippen LogP contribution < -0.4 is 5.32 Å². The summed E-state index contributed by atoms with van der Waals surface area (Å²) in [6.07, 6.45) is 6.54. The van der Waals surface area contributed by atoms with Crippen LogP contribution in [0.15, 0.2) is 24.7 Å². The Hall–Kier alpha value is -1.75. The quantitative estimate of drug-likeness (QED) is 0.790. The molecule has 2 aromatic heterocycles. The lowest BCUT2D eigenvalue weighted by atomic mass is 10.3. The highest BCUT2D eigenvalue weighted by molar-refractivity contribution is 5.43. The fourth-order valence-electron chi connectivity index (χ4n) is 1.58. The molecule has 0 aliphatic rings. The summed E-state index contributed by atoms with van der Waals surface area (Å²) < 4.78 is 1.92. The standard InChI is InChI=1S/C12H17N5/c1-3-5-13-9-10-4-6-14-11(16-10)12-15-7-8-17(12)2/h4,6-8,13H,3,5,9H2,1-2H3. The average molecular weight is 231 g/mol. The molecule has 0 fully saturated rings. The third-order valence-electron chi connectivity index (χ3n) is 2.47. The Balaban J connectivity index is 2.14. The topological polar surface area (TPSA) is 55.6 Å². The Labute approximate surface area is 101 Å². The van der Waals surface area contributed by atoms with Crippen LogP contribution in [0.3, 0.4) is 0 Å². The van der Waals surface area contributed by atoms with Crippen LogP contribution >= 0.6 is 0 Å². The first-order valence-corrected chi connectivity index (χ1v) is 5.81. The Kier molecular flexibility index (Phi) is 3.82. The van der Waals surface area contributed by atoms with Gasteiger partial charge in [-0.2, -0.15) is 0 Å². The van der Waals surface area contributed by atoms with Crippen LogP contribution in [0, 0.1) is 0 Å². The van der Waals surface area contributed by atoms with Gasteiger partial charge in [0.25, 0.3) is 0 Å². The van der Waals surface area contributed by atoms with Gasteiger partial charge < -0.3 is 9.88 Å². The Morgan fingerprint density at radius 3 is 2.88 bits per heavy atom. The maximum Gasteiger partial charge on any atom is 0.196 e. The first-order valence-electron chi connectivity index (χ1n) is 5.81. The van der Waals surface area contributed by atoms with Crippen molar-refractivity contribution in [1.29, 1.82) is 0 Å². The van der Waals surface area contributed by atoms with E-state index >= 15 is 0 Å². The fourth-order valence-corrected chi connectivity index (χ4v) is 1.58. The van der Waals surface area contributed by atoms with Crippen molar-refractivity contribution in [2.24, 2.45) is 7.05 Å². The van der Waals surface area contributed by atoms with Crippen molar-refractivity contribution in [3.05, 3.63) is 30.4 Å². The summed E-state index contributed by atoms with van der Waals surface area (Å²) in [5.41, 5.74) is 0.992. The first-order chi connectivity index (χ1) is 8.31. The highest BCUT2D eigenvalue weighted by Crippen LogP contribution is 2.10. The van der Waals surface area contributed by atoms with Crippen LogP contribution in [-0.4, -0.2) is 26.1 Å². The summed E-state index contributed by atoms with van der Waals surface area (Å²) in [6.45, 7) is 3.92. The number of imidazole rings is 1. The predicted octanol–water partition coefficient (Wildman–Crippen LogP) is 1.38. The van der Waals surface area contributed by atoms with Gasteiger partial charge in [0.15, 0.2) is 11.6 Å². The minimum Gasteiger partial charge on any atom is -0.331 e. The molecule has 17 heavy (non-hydrogen) atoms. The molecule has 2 heterocycles. The molecule has 0 aliphatic heterocycles. The molecule has 0 saturated carbocycles. The third-order valence-corrected chi connectivity index (χ3v) is 2.47. The second-order valence-corrected chi connectivity index (χ2v) is 3.91. The van der Waals surface area contributed by atoms with E-state index in [2.05, 4.69) is 27.2 Å². The van der Waals surface area contributed by atoms with E-state index in [1.54, 1.807) is 12.4 Å². The van der Waals surface area contributed by atoms with E-state index in [9.17, 15) is 0 Å². The fraction of sp³-hybridized carbons (Fsp3) is 0.417. The summed E-state index contributed by atoms with van der Waals surface area (Å²) in [4.78, 5) is 13.0. The van der Waals surface area contributed by atoms with Gasteiger partial charge in [-0.1, -0.05) is 6.92 Å². The van der Waals surface area contributed by atoms with Crippen molar-refractivity contribution in [2.75, 3.05) is 6.54 Å². The first kappa shape index (κ1) is 11.7. The van der Waals surface area contributed by atoms with Crippen LogP contribution in [0.25, 0.3) is 11.6 Å². The molecular weight excluding hydrogens is 214 g/mol. The normalized spacial score (nSPS) is 10.7. The van der Waals surface area contributed by atoms with Crippen molar-refractivity contribution >= 4 is 0 Å². The molecule has 0 aliphatic carbocycles. The van der Waals surface area contributed by atoms with E-state index in [0.717, 1.165) is 31.0 Å². The van der Waals surface area contributed by atoms with Gasteiger partial charge in [-0.3, -0.25) is 0 Å². The summed E-state index contributed by atoms with van der Waals surface area (Å²) >= 11 is 0. The minimum atomic E-state index is 0.674. The van der Waals surface area contributed by atoms with Gasteiger partial charge in [-0.15, -0.1) is 0 Å². The van der Waals surface area contributed by atoms with Crippen LogP contribution in [0.1, 0.15) is 19.0 Å². The van der Waals surface area contributed by atoms with E-state index in [4.69, 9.17) is 0 Å². The second-order valence-electron chi connectivity index (χ2n) is 3.91. The highest BCUT2D eigenvalue weighted by atomic mass is 15.1. The maximum absolute atomic E-state index is 4.49. The lowest BCUT2D eigenvalue weighted by Gasteiger charge is -2.04. The van der Waals surface area contributed by atoms with Gasteiger partial charge in [-0.05, 0) is 19.0 Å². The lowest BCUT2D eigenvalue weighted by molar-refractivity contribution is 0.663. The number of aromatic nitrogens is 4. The summed E-state index contributed by atoms with van der Waals surface area (Å²) in [7, 11) is 1.94. The number of nitrogens with one attached hydrogen (secondary N) is 1. The van der Waals surface area contributed by atoms with E-state index in [-0.39, 0.29) is 0 Å². The van der Waals surface area contributed by atoms with Gasteiger partial charge >= 0.3 is 0 Å². The lowest BCUT2D eigenvalue weighted by Crippen LogP contribution is -2.15. The van der Waals surface area contributed by atoms with Crippen molar-refractivity contribution in [3.8, 4) is 11.6 Å². The van der Waals surface area contributed by atoms with Crippen molar-refractivity contribution in [1.82, 2.24) is 24.8 Å². The molecule has 1 N–H and O–H groups in total. The van der Waals surface area contributed by atoms with E-state index in [0.29, 0.717) is 5.82 Å². The highest BCUT2D eigenvalue weighted by Gasteiger charge is 2.06. The maximum atomic E-state index is 4.49. The smallest absolute Gasteiger partial charge is 0.196 e. The zero-order valence-corrected chi connectivity index (χ0v) is 10.2. The van der Waals surface area contributed by atoms with Crippen molar-refractivity contribution in [3.63, 3.8) is 0 Å². The van der Waals surface area contributed by atoms with Gasteiger partial charge in [0, 0.05) is 32.2 Å². The van der Waals surface area contributed by atoms with Crippen molar-refractivity contribution < 1.29 is 0 Å². The van der Waals surface area contributed by atoms with Gasteiger partial charge in [0.05, 0.1) is 5.69 Å². The minimum absolute atomic E-state index is 0.674. The monoisotopic (exact) mass is 231 g/mol. The molecular formula is C12H17N5. The van der Waals surface area contributed by atoms with Crippen LogP contribution in [0.4, 0.5) is 0 Å². The molecule has 0 amide bonds. The Morgan fingerprint density at radius 1 is 1.29 bits per heavy atom. The van der Waals surface area contributed by atoms with Gasteiger partial charge in [0.1, 0.15) is 0 Å². The molecule has 5 heteroatoms. The zero-order chi connectivity index (χ0) is 12.1.